The molecule has 1 aromatic carbocycles. The molecule has 0 aliphatic carbocycles. The van der Waals surface area contributed by atoms with E-state index >= 15 is 0 Å². The van der Waals surface area contributed by atoms with Crippen molar-refractivity contribution in [2.75, 3.05) is 0 Å². The van der Waals surface area contributed by atoms with Gasteiger partial charge in [-0.15, -0.1) is 0 Å². The highest BCUT2D eigenvalue weighted by Gasteiger charge is 2.36. The normalized spacial score (nSPS) is 10.9. The van der Waals surface area contributed by atoms with Gasteiger partial charge in [-0.2, -0.15) is 18.4 Å². The van der Waals surface area contributed by atoms with Crippen LogP contribution in [-0.4, -0.2) is 5.91 Å². The second kappa shape index (κ2) is 3.85. The van der Waals surface area contributed by atoms with Crippen LogP contribution in [0.1, 0.15) is 27.0 Å². The van der Waals surface area contributed by atoms with Crippen LogP contribution in [0.3, 0.4) is 0 Å². The fraction of sp³-hybridized carbons (Fsp3) is 0.200. The van der Waals surface area contributed by atoms with Crippen molar-refractivity contribution >= 4 is 5.91 Å². The summed E-state index contributed by atoms with van der Waals surface area (Å²) in [7, 11) is 0. The number of carbonyl (C=O) groups excluding carboxylic acids is 1. The number of nitrogens with zero attached hydrogens (tertiary/aromatic N) is 1. The molecular formula is C10H7F3N2O. The smallest absolute Gasteiger partial charge is 0.366 e. The Morgan fingerprint density at radius 2 is 2.00 bits per heavy atom. The fourth-order valence-electron chi connectivity index (χ4n) is 1.34. The first kappa shape index (κ1) is 12.0. The van der Waals surface area contributed by atoms with Crippen LogP contribution in [0.4, 0.5) is 13.2 Å². The van der Waals surface area contributed by atoms with E-state index in [1.807, 2.05) is 0 Å². The van der Waals surface area contributed by atoms with E-state index < -0.39 is 23.2 Å². The monoisotopic (exact) mass is 228 g/mol. The fourth-order valence-corrected chi connectivity index (χ4v) is 1.34. The Kier molecular flexibility index (Phi) is 2.90. The first-order valence-corrected chi connectivity index (χ1v) is 4.19. The number of rotatable bonds is 1. The van der Waals surface area contributed by atoms with E-state index in [1.165, 1.54) is 6.92 Å². The predicted molar refractivity (Wildman–Crippen MR) is 49.4 cm³/mol. The van der Waals surface area contributed by atoms with Gasteiger partial charge in [-0.25, -0.2) is 0 Å². The lowest BCUT2D eigenvalue weighted by Gasteiger charge is -2.13. The number of carbonyl (C=O) groups is 1. The molecule has 3 nitrogen and oxygen atoms in total. The quantitative estimate of drug-likeness (QED) is 0.798. The number of aryl methyl sites for hydroxylation is 1. The van der Waals surface area contributed by atoms with Crippen molar-refractivity contribution in [1.29, 1.82) is 5.26 Å². The third kappa shape index (κ3) is 1.98. The molecule has 1 rings (SSSR count). The maximum atomic E-state index is 12.5. The molecule has 0 radical (unpaired) electrons. The van der Waals surface area contributed by atoms with Gasteiger partial charge in [0, 0.05) is 0 Å². The average Bonchev–Trinajstić information content (AvgIpc) is 2.14. The highest BCUT2D eigenvalue weighted by Crippen LogP contribution is 2.34. The van der Waals surface area contributed by atoms with Gasteiger partial charge in [0.1, 0.15) is 6.07 Å². The number of nitriles is 1. The van der Waals surface area contributed by atoms with Gasteiger partial charge >= 0.3 is 6.18 Å². The summed E-state index contributed by atoms with van der Waals surface area (Å²) in [4.78, 5) is 11.0. The number of nitrogens with two attached hydrogens (primary N) is 1. The van der Waals surface area contributed by atoms with Crippen LogP contribution in [0.25, 0.3) is 0 Å². The molecule has 84 valence electrons. The molecule has 0 saturated carbocycles. The number of halogens is 3. The summed E-state index contributed by atoms with van der Waals surface area (Å²) in [6, 6.07) is 3.44. The first-order chi connectivity index (χ1) is 7.29. The first-order valence-electron chi connectivity index (χ1n) is 4.19. The minimum Gasteiger partial charge on any atom is -0.366 e. The van der Waals surface area contributed by atoms with Crippen molar-refractivity contribution < 1.29 is 18.0 Å². The molecule has 0 aliphatic heterocycles. The summed E-state index contributed by atoms with van der Waals surface area (Å²) in [5, 5.41) is 8.71. The summed E-state index contributed by atoms with van der Waals surface area (Å²) in [5.41, 5.74) is 2.87. The van der Waals surface area contributed by atoms with Crippen molar-refractivity contribution in [2.45, 2.75) is 13.1 Å². The Labute approximate surface area is 89.3 Å². The summed E-state index contributed by atoms with van der Waals surface area (Å²) < 4.78 is 37.6. The third-order valence-electron chi connectivity index (χ3n) is 2.08. The molecule has 6 heteroatoms. The van der Waals surface area contributed by atoms with Gasteiger partial charge in [0.25, 0.3) is 5.91 Å². The zero-order valence-corrected chi connectivity index (χ0v) is 8.22. The largest absolute Gasteiger partial charge is 0.417 e. The lowest BCUT2D eigenvalue weighted by molar-refractivity contribution is -0.137. The maximum absolute atomic E-state index is 12.5. The van der Waals surface area contributed by atoms with Crippen molar-refractivity contribution in [3.8, 4) is 6.07 Å². The molecule has 1 amide bonds. The SMILES string of the molecule is Cc1ccc(C(F)(F)F)c(C(N)=O)c1C#N. The molecule has 0 bridgehead atoms. The number of hydrogen-bond donors (Lipinski definition) is 1. The third-order valence-corrected chi connectivity index (χ3v) is 2.08. The minimum atomic E-state index is -4.70. The van der Waals surface area contributed by atoms with Crippen LogP contribution < -0.4 is 5.73 Å². The van der Waals surface area contributed by atoms with E-state index in [1.54, 1.807) is 6.07 Å². The second-order valence-electron chi connectivity index (χ2n) is 3.15. The predicted octanol–water partition coefficient (Wildman–Crippen LogP) is 1.98. The van der Waals surface area contributed by atoms with Gasteiger partial charge in [-0.05, 0) is 18.6 Å². The average molecular weight is 228 g/mol. The Bertz CT molecular complexity index is 486. The number of alkyl halides is 3. The lowest BCUT2D eigenvalue weighted by Crippen LogP contribution is -2.21. The molecule has 0 aliphatic rings. The lowest BCUT2D eigenvalue weighted by atomic mass is 9.96. The Morgan fingerprint density at radius 3 is 2.38 bits per heavy atom. The molecule has 2 N–H and O–H groups in total. The topological polar surface area (TPSA) is 66.9 Å². The summed E-state index contributed by atoms with van der Waals surface area (Å²) in [6.45, 7) is 1.44. The number of benzene rings is 1. The van der Waals surface area contributed by atoms with Crippen molar-refractivity contribution in [1.82, 2.24) is 0 Å². The van der Waals surface area contributed by atoms with E-state index in [4.69, 9.17) is 11.0 Å². The van der Waals surface area contributed by atoms with Gasteiger partial charge in [0.2, 0.25) is 0 Å². The van der Waals surface area contributed by atoms with Crippen LogP contribution in [0.5, 0.6) is 0 Å². The Balaban J connectivity index is 3.67. The molecule has 0 unspecified atom stereocenters. The van der Waals surface area contributed by atoms with Crippen LogP contribution in [-0.2, 0) is 6.18 Å². The summed E-state index contributed by atoms with van der Waals surface area (Å²) in [5.74, 6) is -1.26. The van der Waals surface area contributed by atoms with E-state index in [9.17, 15) is 18.0 Å². The van der Waals surface area contributed by atoms with Crippen molar-refractivity contribution in [3.05, 3.63) is 34.4 Å². The zero-order chi connectivity index (χ0) is 12.5. The van der Waals surface area contributed by atoms with Gasteiger partial charge in [-0.1, -0.05) is 6.07 Å². The number of primary amides is 1. The van der Waals surface area contributed by atoms with Gasteiger partial charge in [0.05, 0.1) is 16.7 Å². The maximum Gasteiger partial charge on any atom is 0.417 e. The number of amides is 1. The van der Waals surface area contributed by atoms with E-state index in [2.05, 4.69) is 0 Å². The molecule has 0 aromatic heterocycles. The van der Waals surface area contributed by atoms with Gasteiger partial charge < -0.3 is 5.73 Å². The van der Waals surface area contributed by atoms with Gasteiger partial charge in [-0.3, -0.25) is 4.79 Å². The van der Waals surface area contributed by atoms with Crippen LogP contribution in [0.15, 0.2) is 12.1 Å². The zero-order valence-electron chi connectivity index (χ0n) is 8.22. The highest BCUT2D eigenvalue weighted by molar-refractivity contribution is 5.97. The van der Waals surface area contributed by atoms with E-state index in [0.29, 0.717) is 0 Å². The molecule has 0 spiro atoms. The molecule has 0 saturated heterocycles. The molecule has 16 heavy (non-hydrogen) atoms. The summed E-state index contributed by atoms with van der Waals surface area (Å²) in [6.07, 6.45) is -4.70. The molecule has 0 atom stereocenters. The molecular weight excluding hydrogens is 221 g/mol. The van der Waals surface area contributed by atoms with Crippen LogP contribution in [0, 0.1) is 18.3 Å². The number of hydrogen-bond acceptors (Lipinski definition) is 2. The van der Waals surface area contributed by atoms with Crippen molar-refractivity contribution in [2.24, 2.45) is 5.73 Å². The van der Waals surface area contributed by atoms with Crippen molar-refractivity contribution in [3.63, 3.8) is 0 Å². The van der Waals surface area contributed by atoms with Gasteiger partial charge in [0.15, 0.2) is 0 Å². The van der Waals surface area contributed by atoms with Crippen LogP contribution in [0.2, 0.25) is 0 Å². The Hall–Kier alpha value is -2.03. The Morgan fingerprint density at radius 1 is 1.44 bits per heavy atom. The highest BCUT2D eigenvalue weighted by atomic mass is 19.4. The minimum absolute atomic E-state index is 0.282. The molecule has 0 heterocycles. The molecule has 0 fully saturated rings. The standard InChI is InChI=1S/C10H7F3N2O/c1-5-2-3-7(10(11,12)13)8(9(15)16)6(5)4-14/h2-3H,1H3,(H2,15,16). The summed E-state index contributed by atoms with van der Waals surface area (Å²) >= 11 is 0. The second-order valence-corrected chi connectivity index (χ2v) is 3.15. The van der Waals surface area contributed by atoms with E-state index in [-0.39, 0.29) is 11.1 Å². The molecule has 1 aromatic rings. The van der Waals surface area contributed by atoms with E-state index in [0.717, 1.165) is 12.1 Å². The van der Waals surface area contributed by atoms with Crippen LogP contribution >= 0.6 is 0 Å².